The first-order valence-electron chi connectivity index (χ1n) is 9.53. The van der Waals surface area contributed by atoms with E-state index in [1.54, 1.807) is 0 Å². The van der Waals surface area contributed by atoms with Crippen LogP contribution in [0.5, 0.6) is 5.75 Å². The molecule has 29 heavy (non-hydrogen) atoms. The summed E-state index contributed by atoms with van der Waals surface area (Å²) in [7, 11) is 0. The zero-order valence-corrected chi connectivity index (χ0v) is 18.0. The molecule has 0 unspecified atom stereocenters. The molecule has 5 nitrogen and oxygen atoms in total. The highest BCUT2D eigenvalue weighted by Crippen LogP contribution is 2.26. The second-order valence-corrected chi connectivity index (χ2v) is 7.80. The van der Waals surface area contributed by atoms with Crippen molar-refractivity contribution in [2.75, 3.05) is 17.7 Å². The molecule has 150 valence electrons. The number of rotatable bonds is 7. The molecule has 0 radical (unpaired) electrons. The number of nitrogens with zero attached hydrogens (tertiary/aromatic N) is 2. The largest absolute Gasteiger partial charge is 0.494 e. The summed E-state index contributed by atoms with van der Waals surface area (Å²) in [4.78, 5) is 12.2. The molecule has 0 aliphatic rings. The molecule has 1 heterocycles. The molecule has 1 N–H and O–H groups in total. The van der Waals surface area contributed by atoms with E-state index < -0.39 is 0 Å². The lowest BCUT2D eigenvalue weighted by atomic mass is 9.99. The Balaban J connectivity index is 1.57. The zero-order chi connectivity index (χ0) is 20.8. The van der Waals surface area contributed by atoms with Gasteiger partial charge in [0.15, 0.2) is 0 Å². The summed E-state index contributed by atoms with van der Waals surface area (Å²) in [5.41, 5.74) is 6.35. The summed E-state index contributed by atoms with van der Waals surface area (Å²) in [6, 6.07) is 15.5. The van der Waals surface area contributed by atoms with Gasteiger partial charge in [0.05, 0.1) is 18.1 Å². The Kier molecular flexibility index (Phi) is 6.88. The third-order valence-electron chi connectivity index (χ3n) is 4.56. The predicted molar refractivity (Wildman–Crippen MR) is 119 cm³/mol. The smallest absolute Gasteiger partial charge is 0.234 e. The van der Waals surface area contributed by atoms with Crippen molar-refractivity contribution < 1.29 is 9.53 Å². The molecule has 0 atom stereocenters. The van der Waals surface area contributed by atoms with Gasteiger partial charge < -0.3 is 10.1 Å². The minimum Gasteiger partial charge on any atom is -0.494 e. The molecule has 0 saturated heterocycles. The van der Waals surface area contributed by atoms with Crippen LogP contribution >= 0.6 is 11.8 Å². The lowest BCUT2D eigenvalue weighted by Crippen LogP contribution is -2.14. The van der Waals surface area contributed by atoms with Crippen LogP contribution in [0.3, 0.4) is 0 Å². The number of benzene rings is 2. The summed E-state index contributed by atoms with van der Waals surface area (Å²) < 4.78 is 5.40. The van der Waals surface area contributed by atoms with Crippen LogP contribution in [0.2, 0.25) is 0 Å². The number of carbonyl (C=O) groups excluding carboxylic acids is 1. The summed E-state index contributed by atoms with van der Waals surface area (Å²) in [5, 5.41) is 12.2. The van der Waals surface area contributed by atoms with Crippen molar-refractivity contribution in [1.82, 2.24) is 10.2 Å². The van der Waals surface area contributed by atoms with Gasteiger partial charge in [0, 0.05) is 11.3 Å². The van der Waals surface area contributed by atoms with E-state index in [0.29, 0.717) is 6.61 Å². The van der Waals surface area contributed by atoms with Gasteiger partial charge in [0.25, 0.3) is 0 Å². The van der Waals surface area contributed by atoms with Crippen LogP contribution in [0.25, 0.3) is 11.3 Å². The van der Waals surface area contributed by atoms with E-state index in [1.807, 2.05) is 43.3 Å². The standard InChI is InChI=1S/C23H25N3O2S/c1-5-28-19-8-6-18(7-9-19)24-22(27)14-29-23-11-10-21(25-26-23)20-13-16(3)15(2)12-17(20)4/h6-13H,5,14H2,1-4H3,(H,24,27). The Hall–Kier alpha value is -2.86. The third kappa shape index (κ3) is 5.57. The maximum absolute atomic E-state index is 12.2. The molecule has 2 aromatic carbocycles. The van der Waals surface area contributed by atoms with Crippen molar-refractivity contribution >= 4 is 23.4 Å². The molecule has 3 aromatic rings. The summed E-state index contributed by atoms with van der Waals surface area (Å²) >= 11 is 1.36. The van der Waals surface area contributed by atoms with Crippen LogP contribution in [-0.2, 0) is 4.79 Å². The number of nitrogens with one attached hydrogen (secondary N) is 1. The first-order valence-corrected chi connectivity index (χ1v) is 10.5. The second kappa shape index (κ2) is 9.56. The van der Waals surface area contributed by atoms with Crippen LogP contribution in [0.1, 0.15) is 23.6 Å². The normalized spacial score (nSPS) is 10.6. The van der Waals surface area contributed by atoms with E-state index in [0.717, 1.165) is 27.7 Å². The van der Waals surface area contributed by atoms with Gasteiger partial charge in [-0.1, -0.05) is 17.8 Å². The molecule has 1 amide bonds. The molecule has 0 aliphatic heterocycles. The number of hydrogen-bond donors (Lipinski definition) is 1. The number of thioether (sulfide) groups is 1. The van der Waals surface area contributed by atoms with Gasteiger partial charge in [0.2, 0.25) is 5.91 Å². The Labute approximate surface area is 175 Å². The fourth-order valence-corrected chi connectivity index (χ4v) is 3.53. The Bertz CT molecular complexity index is 986. The summed E-state index contributed by atoms with van der Waals surface area (Å²) in [6.07, 6.45) is 0. The van der Waals surface area contributed by atoms with Crippen LogP contribution in [0, 0.1) is 20.8 Å². The van der Waals surface area contributed by atoms with Gasteiger partial charge in [-0.05, 0) is 86.8 Å². The summed E-state index contributed by atoms with van der Waals surface area (Å²) in [5.74, 6) is 0.966. The highest BCUT2D eigenvalue weighted by atomic mass is 32.2. The number of ether oxygens (including phenoxy) is 1. The monoisotopic (exact) mass is 407 g/mol. The minimum absolute atomic E-state index is 0.0879. The van der Waals surface area contributed by atoms with Crippen molar-refractivity contribution in [1.29, 1.82) is 0 Å². The quantitative estimate of drug-likeness (QED) is 0.546. The molecule has 6 heteroatoms. The number of carbonyl (C=O) groups is 1. The SMILES string of the molecule is CCOc1ccc(NC(=O)CSc2ccc(-c3cc(C)c(C)cc3C)nn2)cc1. The van der Waals surface area contributed by atoms with Crippen LogP contribution in [0.15, 0.2) is 53.6 Å². The minimum atomic E-state index is -0.0879. The predicted octanol–water partition coefficient (Wildman–Crippen LogP) is 5.20. The number of amides is 1. The van der Waals surface area contributed by atoms with Crippen molar-refractivity contribution in [2.24, 2.45) is 0 Å². The second-order valence-electron chi connectivity index (χ2n) is 6.80. The maximum atomic E-state index is 12.2. The molecule has 0 fully saturated rings. The molecule has 0 bridgehead atoms. The van der Waals surface area contributed by atoms with E-state index in [-0.39, 0.29) is 11.7 Å². The molecule has 0 aliphatic carbocycles. The number of aromatic nitrogens is 2. The molecule has 3 rings (SSSR count). The molecule has 0 saturated carbocycles. The lowest BCUT2D eigenvalue weighted by molar-refractivity contribution is -0.113. The van der Waals surface area contributed by atoms with Gasteiger partial charge >= 0.3 is 0 Å². The van der Waals surface area contributed by atoms with Crippen molar-refractivity contribution in [2.45, 2.75) is 32.7 Å². The van der Waals surface area contributed by atoms with Crippen molar-refractivity contribution in [3.8, 4) is 17.0 Å². The van der Waals surface area contributed by atoms with Crippen LogP contribution in [-0.4, -0.2) is 28.5 Å². The number of anilines is 1. The zero-order valence-electron chi connectivity index (χ0n) is 17.2. The molecular weight excluding hydrogens is 382 g/mol. The van der Waals surface area contributed by atoms with Gasteiger partial charge in [0.1, 0.15) is 10.8 Å². The van der Waals surface area contributed by atoms with E-state index in [2.05, 4.69) is 48.4 Å². The highest BCUT2D eigenvalue weighted by Gasteiger charge is 2.09. The average molecular weight is 408 g/mol. The van der Waals surface area contributed by atoms with Gasteiger partial charge in [-0.3, -0.25) is 4.79 Å². The Morgan fingerprint density at radius 1 is 0.966 bits per heavy atom. The van der Waals surface area contributed by atoms with Gasteiger partial charge in [-0.15, -0.1) is 10.2 Å². The van der Waals surface area contributed by atoms with E-state index in [4.69, 9.17) is 4.74 Å². The van der Waals surface area contributed by atoms with Gasteiger partial charge in [-0.25, -0.2) is 0 Å². The summed E-state index contributed by atoms with van der Waals surface area (Å²) in [6.45, 7) is 8.84. The van der Waals surface area contributed by atoms with E-state index >= 15 is 0 Å². The van der Waals surface area contributed by atoms with Crippen molar-refractivity contribution in [3.05, 3.63) is 65.2 Å². The molecule has 0 spiro atoms. The highest BCUT2D eigenvalue weighted by molar-refractivity contribution is 7.99. The average Bonchev–Trinajstić information content (AvgIpc) is 2.71. The van der Waals surface area contributed by atoms with Crippen molar-refractivity contribution in [3.63, 3.8) is 0 Å². The number of aryl methyl sites for hydroxylation is 3. The van der Waals surface area contributed by atoms with Gasteiger partial charge in [-0.2, -0.15) is 0 Å². The third-order valence-corrected chi connectivity index (χ3v) is 5.48. The lowest BCUT2D eigenvalue weighted by Gasteiger charge is -2.09. The number of hydrogen-bond acceptors (Lipinski definition) is 5. The fourth-order valence-electron chi connectivity index (χ4n) is 2.91. The fraction of sp³-hybridized carbons (Fsp3) is 0.261. The van der Waals surface area contributed by atoms with E-state index in [9.17, 15) is 4.79 Å². The topological polar surface area (TPSA) is 64.1 Å². The van der Waals surface area contributed by atoms with Crippen LogP contribution in [0.4, 0.5) is 5.69 Å². The first-order chi connectivity index (χ1) is 14.0. The Morgan fingerprint density at radius 2 is 1.69 bits per heavy atom. The van der Waals surface area contributed by atoms with Crippen LogP contribution < -0.4 is 10.1 Å². The Morgan fingerprint density at radius 3 is 2.34 bits per heavy atom. The molecule has 1 aromatic heterocycles. The maximum Gasteiger partial charge on any atom is 0.234 e. The van der Waals surface area contributed by atoms with E-state index in [1.165, 1.54) is 28.5 Å². The first kappa shape index (κ1) is 20.9. The molecular formula is C23H25N3O2S.